The third-order valence-electron chi connectivity index (χ3n) is 5.50. The van der Waals surface area contributed by atoms with E-state index in [0.717, 1.165) is 54.0 Å². The van der Waals surface area contributed by atoms with Gasteiger partial charge in [-0.3, -0.25) is 4.79 Å². The molecule has 1 saturated carbocycles. The average molecular weight is 446 g/mol. The number of benzene rings is 1. The number of nitrogens with zero attached hydrogens (tertiary/aromatic N) is 2. The van der Waals surface area contributed by atoms with Crippen LogP contribution < -0.4 is 5.32 Å². The van der Waals surface area contributed by atoms with Crippen molar-refractivity contribution in [3.8, 4) is 0 Å². The molecule has 0 radical (unpaired) electrons. The SMILES string of the molecule is O=C(Cc1ccc(S(=O)(=O)N2CCCCC2)s1)Nc1ccc2oc(C3CC3)nc2c1. The molecule has 9 heteroatoms. The van der Waals surface area contributed by atoms with Gasteiger partial charge < -0.3 is 9.73 Å². The number of oxazole rings is 1. The Morgan fingerprint density at radius 2 is 1.97 bits per heavy atom. The van der Waals surface area contributed by atoms with Crippen molar-refractivity contribution in [1.29, 1.82) is 0 Å². The largest absolute Gasteiger partial charge is 0.440 e. The fraction of sp³-hybridized carbons (Fsp3) is 0.429. The first kappa shape index (κ1) is 19.7. The minimum atomic E-state index is -3.46. The average Bonchev–Trinajstić information content (AvgIpc) is 3.33. The van der Waals surface area contributed by atoms with Gasteiger partial charge in [0, 0.05) is 29.6 Å². The van der Waals surface area contributed by atoms with Gasteiger partial charge in [-0.05, 0) is 56.0 Å². The van der Waals surface area contributed by atoms with Crippen LogP contribution in [-0.2, 0) is 21.2 Å². The summed E-state index contributed by atoms with van der Waals surface area (Å²) in [6.07, 6.45) is 5.24. The van der Waals surface area contributed by atoms with Crippen LogP contribution in [0.3, 0.4) is 0 Å². The maximum Gasteiger partial charge on any atom is 0.252 e. The number of piperidine rings is 1. The maximum atomic E-state index is 12.8. The summed E-state index contributed by atoms with van der Waals surface area (Å²) in [5.74, 6) is 1.02. The Kier molecular flexibility index (Phi) is 5.12. The number of anilines is 1. The van der Waals surface area contributed by atoms with E-state index in [0.29, 0.717) is 28.9 Å². The minimum Gasteiger partial charge on any atom is -0.440 e. The zero-order chi connectivity index (χ0) is 20.7. The Labute approximate surface area is 179 Å². The molecule has 1 N–H and O–H groups in total. The number of carbonyl (C=O) groups is 1. The molecule has 5 rings (SSSR count). The molecule has 158 valence electrons. The Balaban J connectivity index is 1.25. The molecule has 30 heavy (non-hydrogen) atoms. The Hall–Kier alpha value is -2.23. The van der Waals surface area contributed by atoms with Gasteiger partial charge in [-0.15, -0.1) is 11.3 Å². The second kappa shape index (κ2) is 7.79. The molecule has 2 aromatic heterocycles. The molecule has 1 aliphatic heterocycles. The first-order valence-electron chi connectivity index (χ1n) is 10.3. The van der Waals surface area contributed by atoms with Crippen LogP contribution in [0.2, 0.25) is 0 Å². The number of thiophene rings is 1. The van der Waals surface area contributed by atoms with Crippen LogP contribution in [0.25, 0.3) is 11.1 Å². The quantitative estimate of drug-likeness (QED) is 0.616. The summed E-state index contributed by atoms with van der Waals surface area (Å²) in [5, 5.41) is 2.87. The third-order valence-corrected chi connectivity index (χ3v) is 8.95. The van der Waals surface area contributed by atoms with Gasteiger partial charge in [0.1, 0.15) is 9.73 Å². The van der Waals surface area contributed by atoms with E-state index >= 15 is 0 Å². The maximum absolute atomic E-state index is 12.8. The highest BCUT2D eigenvalue weighted by Crippen LogP contribution is 2.40. The number of amides is 1. The summed E-state index contributed by atoms with van der Waals surface area (Å²) in [7, 11) is -3.46. The number of fused-ring (bicyclic) bond motifs is 1. The molecular weight excluding hydrogens is 422 g/mol. The summed E-state index contributed by atoms with van der Waals surface area (Å²) >= 11 is 1.17. The highest BCUT2D eigenvalue weighted by Gasteiger charge is 2.29. The monoisotopic (exact) mass is 445 g/mol. The molecule has 0 bridgehead atoms. The number of hydrogen-bond donors (Lipinski definition) is 1. The van der Waals surface area contributed by atoms with Gasteiger partial charge in [-0.1, -0.05) is 6.42 Å². The van der Waals surface area contributed by atoms with Crippen LogP contribution in [0.4, 0.5) is 5.69 Å². The number of hydrogen-bond acceptors (Lipinski definition) is 6. The normalized spacial score (nSPS) is 18.0. The summed E-state index contributed by atoms with van der Waals surface area (Å²) in [6, 6.07) is 8.76. The molecular formula is C21H23N3O4S2. The van der Waals surface area contributed by atoms with E-state index in [-0.39, 0.29) is 12.3 Å². The molecule has 2 aliphatic rings. The molecule has 1 aliphatic carbocycles. The van der Waals surface area contributed by atoms with Crippen molar-refractivity contribution in [3.05, 3.63) is 41.1 Å². The highest BCUT2D eigenvalue weighted by molar-refractivity contribution is 7.91. The van der Waals surface area contributed by atoms with Gasteiger partial charge in [0.25, 0.3) is 10.0 Å². The van der Waals surface area contributed by atoms with Gasteiger partial charge in [-0.25, -0.2) is 13.4 Å². The van der Waals surface area contributed by atoms with Crippen LogP contribution in [0.15, 0.2) is 39.0 Å². The molecule has 0 unspecified atom stereocenters. The molecule has 1 aromatic carbocycles. The topological polar surface area (TPSA) is 92.5 Å². The van der Waals surface area contributed by atoms with Crippen LogP contribution in [-0.4, -0.2) is 36.7 Å². The van der Waals surface area contributed by atoms with E-state index in [9.17, 15) is 13.2 Å². The lowest BCUT2D eigenvalue weighted by Gasteiger charge is -2.25. The van der Waals surface area contributed by atoms with Gasteiger partial charge in [-0.2, -0.15) is 4.31 Å². The fourth-order valence-electron chi connectivity index (χ4n) is 3.72. The van der Waals surface area contributed by atoms with Gasteiger partial charge >= 0.3 is 0 Å². The second-order valence-electron chi connectivity index (χ2n) is 7.92. The van der Waals surface area contributed by atoms with E-state index in [1.165, 1.54) is 11.3 Å². The Bertz CT molecular complexity index is 1190. The van der Waals surface area contributed by atoms with Crippen LogP contribution in [0, 0.1) is 0 Å². The standard InChI is InChI=1S/C21H23N3O4S2/c25-19(22-15-6-8-18-17(12-15)23-21(28-18)14-4-5-14)13-16-7-9-20(29-16)30(26,27)24-10-2-1-3-11-24/h6-9,12,14H,1-5,10-11,13H2,(H,22,25). The first-order chi connectivity index (χ1) is 14.5. The van der Waals surface area contributed by atoms with Crippen molar-refractivity contribution in [1.82, 2.24) is 9.29 Å². The van der Waals surface area contributed by atoms with Crippen molar-refractivity contribution < 1.29 is 17.6 Å². The van der Waals surface area contributed by atoms with E-state index in [2.05, 4.69) is 10.3 Å². The Morgan fingerprint density at radius 3 is 2.73 bits per heavy atom. The van der Waals surface area contributed by atoms with Crippen molar-refractivity contribution in [2.75, 3.05) is 18.4 Å². The highest BCUT2D eigenvalue weighted by atomic mass is 32.2. The summed E-state index contributed by atoms with van der Waals surface area (Å²) < 4.78 is 33.2. The second-order valence-corrected chi connectivity index (χ2v) is 11.3. The lowest BCUT2D eigenvalue weighted by Crippen LogP contribution is -2.35. The van der Waals surface area contributed by atoms with Crippen molar-refractivity contribution in [2.24, 2.45) is 0 Å². The molecule has 0 spiro atoms. The molecule has 3 aromatic rings. The molecule has 1 amide bonds. The molecule has 1 saturated heterocycles. The zero-order valence-electron chi connectivity index (χ0n) is 16.5. The van der Waals surface area contributed by atoms with Gasteiger partial charge in [0.15, 0.2) is 11.5 Å². The van der Waals surface area contributed by atoms with Crippen LogP contribution in [0.5, 0.6) is 0 Å². The number of nitrogens with one attached hydrogen (secondary N) is 1. The molecule has 0 atom stereocenters. The number of rotatable bonds is 6. The minimum absolute atomic E-state index is 0.129. The summed E-state index contributed by atoms with van der Waals surface area (Å²) in [6.45, 7) is 1.14. The van der Waals surface area contributed by atoms with Crippen molar-refractivity contribution in [2.45, 2.75) is 48.7 Å². The summed E-state index contributed by atoms with van der Waals surface area (Å²) in [5.41, 5.74) is 2.11. The third kappa shape index (κ3) is 4.01. The van der Waals surface area contributed by atoms with E-state index in [1.807, 2.05) is 12.1 Å². The van der Waals surface area contributed by atoms with E-state index < -0.39 is 10.0 Å². The Morgan fingerprint density at radius 1 is 1.17 bits per heavy atom. The lowest BCUT2D eigenvalue weighted by atomic mass is 10.2. The zero-order valence-corrected chi connectivity index (χ0v) is 18.1. The predicted molar refractivity (Wildman–Crippen MR) is 115 cm³/mol. The van der Waals surface area contributed by atoms with Crippen molar-refractivity contribution in [3.63, 3.8) is 0 Å². The lowest BCUT2D eigenvalue weighted by molar-refractivity contribution is -0.115. The van der Waals surface area contributed by atoms with Gasteiger partial charge in [0.05, 0.1) is 6.42 Å². The molecule has 2 fully saturated rings. The van der Waals surface area contributed by atoms with E-state index in [1.54, 1.807) is 22.5 Å². The summed E-state index contributed by atoms with van der Waals surface area (Å²) in [4.78, 5) is 17.7. The van der Waals surface area contributed by atoms with Crippen LogP contribution in [0.1, 0.15) is 48.8 Å². The number of aromatic nitrogens is 1. The smallest absolute Gasteiger partial charge is 0.252 e. The number of carbonyl (C=O) groups excluding carboxylic acids is 1. The first-order valence-corrected chi connectivity index (χ1v) is 12.5. The van der Waals surface area contributed by atoms with Gasteiger partial charge in [0.2, 0.25) is 5.91 Å². The fourth-order valence-corrected chi connectivity index (χ4v) is 6.74. The van der Waals surface area contributed by atoms with Crippen LogP contribution >= 0.6 is 11.3 Å². The molecule has 7 nitrogen and oxygen atoms in total. The predicted octanol–water partition coefficient (Wildman–Crippen LogP) is 4.12. The van der Waals surface area contributed by atoms with Crippen molar-refractivity contribution >= 4 is 44.1 Å². The number of sulfonamides is 1. The molecule has 3 heterocycles. The van der Waals surface area contributed by atoms with E-state index in [4.69, 9.17) is 4.42 Å².